The molecule has 3 rings (SSSR count). The van der Waals surface area contributed by atoms with Gasteiger partial charge in [0.05, 0.1) is 0 Å². The van der Waals surface area contributed by atoms with Gasteiger partial charge in [-0.3, -0.25) is 4.79 Å². The first-order chi connectivity index (χ1) is 9.61. The van der Waals surface area contributed by atoms with Gasteiger partial charge in [-0.05, 0) is 42.8 Å². The SMILES string of the molecule is Cc1ccc2oc(C(=O)Nc3ccnc(Cl)n3)cc2c1. The van der Waals surface area contributed by atoms with Crippen molar-refractivity contribution in [2.75, 3.05) is 5.32 Å². The summed E-state index contributed by atoms with van der Waals surface area (Å²) in [6.07, 6.45) is 1.47. The Morgan fingerprint density at radius 3 is 2.95 bits per heavy atom. The molecule has 1 amide bonds. The Morgan fingerprint density at radius 2 is 2.15 bits per heavy atom. The van der Waals surface area contributed by atoms with Gasteiger partial charge in [-0.1, -0.05) is 11.6 Å². The predicted octanol–water partition coefficient (Wildman–Crippen LogP) is 3.44. The summed E-state index contributed by atoms with van der Waals surface area (Å²) in [5, 5.41) is 3.56. The van der Waals surface area contributed by atoms with E-state index in [9.17, 15) is 4.79 Å². The van der Waals surface area contributed by atoms with Crippen LogP contribution in [0.3, 0.4) is 0 Å². The van der Waals surface area contributed by atoms with E-state index in [1.165, 1.54) is 6.20 Å². The third-order valence-corrected chi connectivity index (χ3v) is 2.95. The van der Waals surface area contributed by atoms with Gasteiger partial charge in [-0.15, -0.1) is 0 Å². The van der Waals surface area contributed by atoms with Crippen molar-refractivity contribution in [3.8, 4) is 0 Å². The highest BCUT2D eigenvalue weighted by atomic mass is 35.5. The van der Waals surface area contributed by atoms with Crippen LogP contribution in [0.4, 0.5) is 5.82 Å². The van der Waals surface area contributed by atoms with Crippen LogP contribution in [0.25, 0.3) is 11.0 Å². The zero-order valence-electron chi connectivity index (χ0n) is 10.6. The number of benzene rings is 1. The molecule has 0 aliphatic rings. The largest absolute Gasteiger partial charge is 0.451 e. The molecular formula is C14H10ClN3O2. The molecule has 5 nitrogen and oxygen atoms in total. The standard InChI is InChI=1S/C14H10ClN3O2/c1-8-2-3-10-9(6-8)7-11(20-10)13(19)17-12-4-5-16-14(15)18-12/h2-7H,1H3,(H,16,17,18,19). The average molecular weight is 288 g/mol. The zero-order chi connectivity index (χ0) is 14.1. The van der Waals surface area contributed by atoms with Crippen molar-refractivity contribution in [3.63, 3.8) is 0 Å². The van der Waals surface area contributed by atoms with Crippen LogP contribution in [-0.2, 0) is 0 Å². The number of rotatable bonds is 2. The van der Waals surface area contributed by atoms with E-state index in [4.69, 9.17) is 16.0 Å². The minimum atomic E-state index is -0.381. The monoisotopic (exact) mass is 287 g/mol. The number of hydrogen-bond acceptors (Lipinski definition) is 4. The van der Waals surface area contributed by atoms with Crippen molar-refractivity contribution in [2.45, 2.75) is 6.92 Å². The molecule has 0 aliphatic carbocycles. The Hall–Kier alpha value is -2.40. The lowest BCUT2D eigenvalue weighted by atomic mass is 10.2. The summed E-state index contributed by atoms with van der Waals surface area (Å²) in [6, 6.07) is 8.97. The first-order valence-corrected chi connectivity index (χ1v) is 6.30. The van der Waals surface area contributed by atoms with Crippen LogP contribution in [0.5, 0.6) is 0 Å². The van der Waals surface area contributed by atoms with Gasteiger partial charge in [0.2, 0.25) is 5.28 Å². The van der Waals surface area contributed by atoms with Crippen LogP contribution in [0, 0.1) is 6.92 Å². The van der Waals surface area contributed by atoms with E-state index in [1.807, 2.05) is 25.1 Å². The molecular weight excluding hydrogens is 278 g/mol. The van der Waals surface area contributed by atoms with E-state index in [2.05, 4.69) is 15.3 Å². The molecule has 1 aromatic carbocycles. The van der Waals surface area contributed by atoms with Crippen molar-refractivity contribution in [1.29, 1.82) is 0 Å². The minimum Gasteiger partial charge on any atom is -0.451 e. The molecule has 20 heavy (non-hydrogen) atoms. The fraction of sp³-hybridized carbons (Fsp3) is 0.0714. The van der Waals surface area contributed by atoms with Gasteiger partial charge in [-0.25, -0.2) is 9.97 Å². The Balaban J connectivity index is 1.88. The molecule has 0 aliphatic heterocycles. The highest BCUT2D eigenvalue weighted by molar-refractivity contribution is 6.28. The predicted molar refractivity (Wildman–Crippen MR) is 75.9 cm³/mol. The number of carbonyl (C=O) groups is 1. The van der Waals surface area contributed by atoms with Crippen LogP contribution < -0.4 is 5.32 Å². The fourth-order valence-electron chi connectivity index (χ4n) is 1.86. The molecule has 3 aromatic rings. The number of carbonyl (C=O) groups excluding carboxylic acids is 1. The highest BCUT2D eigenvalue weighted by Gasteiger charge is 2.13. The van der Waals surface area contributed by atoms with Crippen LogP contribution in [0.15, 0.2) is 40.9 Å². The molecule has 0 radical (unpaired) electrons. The van der Waals surface area contributed by atoms with Gasteiger partial charge >= 0.3 is 0 Å². The summed E-state index contributed by atoms with van der Waals surface area (Å²) in [7, 11) is 0. The van der Waals surface area contributed by atoms with Crippen LogP contribution in [0.1, 0.15) is 16.1 Å². The van der Waals surface area contributed by atoms with Gasteiger partial charge in [0, 0.05) is 11.6 Å². The first kappa shape index (κ1) is 12.6. The summed E-state index contributed by atoms with van der Waals surface area (Å²) in [6.45, 7) is 1.98. The summed E-state index contributed by atoms with van der Waals surface area (Å²) >= 11 is 5.66. The number of anilines is 1. The Bertz CT molecular complexity index is 798. The van der Waals surface area contributed by atoms with Crippen molar-refractivity contribution in [2.24, 2.45) is 0 Å². The number of hydrogen-bond donors (Lipinski definition) is 1. The van der Waals surface area contributed by atoms with E-state index in [0.29, 0.717) is 11.4 Å². The molecule has 0 saturated heterocycles. The lowest BCUT2D eigenvalue weighted by Crippen LogP contribution is -2.12. The zero-order valence-corrected chi connectivity index (χ0v) is 11.3. The van der Waals surface area contributed by atoms with E-state index in [1.54, 1.807) is 12.1 Å². The summed E-state index contributed by atoms with van der Waals surface area (Å²) in [4.78, 5) is 19.7. The van der Waals surface area contributed by atoms with E-state index in [0.717, 1.165) is 10.9 Å². The minimum absolute atomic E-state index is 0.0723. The molecule has 0 unspecified atom stereocenters. The molecule has 0 spiro atoms. The third-order valence-electron chi connectivity index (χ3n) is 2.76. The number of furan rings is 1. The lowest BCUT2D eigenvalue weighted by Gasteiger charge is -2.01. The third kappa shape index (κ3) is 2.48. The molecule has 0 bridgehead atoms. The number of nitrogens with one attached hydrogen (secondary N) is 1. The second-order valence-corrected chi connectivity index (χ2v) is 4.66. The summed E-state index contributed by atoms with van der Waals surface area (Å²) in [5.74, 6) is 0.167. The highest BCUT2D eigenvalue weighted by Crippen LogP contribution is 2.21. The van der Waals surface area contributed by atoms with Crippen molar-refractivity contribution < 1.29 is 9.21 Å². The molecule has 0 atom stereocenters. The van der Waals surface area contributed by atoms with Gasteiger partial charge in [0.25, 0.3) is 5.91 Å². The maximum atomic E-state index is 12.1. The Labute approximate surface area is 119 Å². The van der Waals surface area contributed by atoms with E-state index < -0.39 is 0 Å². The van der Waals surface area contributed by atoms with Crippen LogP contribution in [0.2, 0.25) is 5.28 Å². The maximum absolute atomic E-state index is 12.1. The van der Waals surface area contributed by atoms with Gasteiger partial charge in [0.15, 0.2) is 5.76 Å². The van der Waals surface area contributed by atoms with Gasteiger partial charge < -0.3 is 9.73 Å². The molecule has 6 heteroatoms. The molecule has 0 saturated carbocycles. The van der Waals surface area contributed by atoms with Gasteiger partial charge in [0.1, 0.15) is 11.4 Å². The summed E-state index contributed by atoms with van der Waals surface area (Å²) in [5.41, 5.74) is 1.77. The molecule has 0 fully saturated rings. The Kier molecular flexibility index (Phi) is 3.12. The van der Waals surface area contributed by atoms with Crippen molar-refractivity contribution in [1.82, 2.24) is 9.97 Å². The second-order valence-electron chi connectivity index (χ2n) is 4.32. The fourth-order valence-corrected chi connectivity index (χ4v) is 2.00. The average Bonchev–Trinajstić information content (AvgIpc) is 2.81. The molecule has 2 heterocycles. The normalized spacial score (nSPS) is 10.7. The smallest absolute Gasteiger partial charge is 0.292 e. The second kappa shape index (κ2) is 4.94. The molecule has 1 N–H and O–H groups in total. The van der Waals surface area contributed by atoms with Gasteiger partial charge in [-0.2, -0.15) is 0 Å². The number of fused-ring (bicyclic) bond motifs is 1. The number of aryl methyl sites for hydroxylation is 1. The quantitative estimate of drug-likeness (QED) is 0.733. The van der Waals surface area contributed by atoms with E-state index >= 15 is 0 Å². The topological polar surface area (TPSA) is 68.0 Å². The number of nitrogens with zero attached hydrogens (tertiary/aromatic N) is 2. The molecule has 100 valence electrons. The number of amides is 1. The van der Waals surface area contributed by atoms with Crippen LogP contribution >= 0.6 is 11.6 Å². The van der Waals surface area contributed by atoms with Crippen molar-refractivity contribution >= 4 is 34.3 Å². The number of aromatic nitrogens is 2. The Morgan fingerprint density at radius 1 is 1.30 bits per heavy atom. The lowest BCUT2D eigenvalue weighted by molar-refractivity contribution is 0.0998. The summed E-state index contributed by atoms with van der Waals surface area (Å²) < 4.78 is 5.50. The first-order valence-electron chi connectivity index (χ1n) is 5.92. The van der Waals surface area contributed by atoms with Crippen LogP contribution in [-0.4, -0.2) is 15.9 Å². The molecule has 2 aromatic heterocycles. The van der Waals surface area contributed by atoms with Crippen molar-refractivity contribution in [3.05, 3.63) is 53.1 Å². The van der Waals surface area contributed by atoms with E-state index in [-0.39, 0.29) is 17.0 Å². The number of halogens is 1. The maximum Gasteiger partial charge on any atom is 0.292 e.